The van der Waals surface area contributed by atoms with Gasteiger partial charge in [-0.3, -0.25) is 0 Å². The molecular weight excluding hydrogens is 300 g/mol. The molecule has 128 valence electrons. The van der Waals surface area contributed by atoms with Crippen LogP contribution in [0.4, 0.5) is 0 Å². The van der Waals surface area contributed by atoms with E-state index in [-0.39, 0.29) is 11.0 Å². The van der Waals surface area contributed by atoms with Crippen molar-refractivity contribution in [3.8, 4) is 5.75 Å². The largest absolute Gasteiger partial charge is 0.497 e. The SMILES string of the molecule is COc1ccc2c(c1)C13CCN(C)C(C2)C12CCC1NC[C@@H](O2)C13. The number of piperidine rings is 1. The van der Waals surface area contributed by atoms with Crippen molar-refractivity contribution in [3.63, 3.8) is 0 Å². The Bertz CT molecular complexity index is 722. The summed E-state index contributed by atoms with van der Waals surface area (Å²) in [6.07, 6.45) is 5.20. The minimum Gasteiger partial charge on any atom is -0.497 e. The van der Waals surface area contributed by atoms with E-state index in [9.17, 15) is 0 Å². The average molecular weight is 326 g/mol. The van der Waals surface area contributed by atoms with E-state index in [1.165, 1.54) is 31.4 Å². The summed E-state index contributed by atoms with van der Waals surface area (Å²) in [6, 6.07) is 7.96. The van der Waals surface area contributed by atoms with Crippen LogP contribution < -0.4 is 10.1 Å². The van der Waals surface area contributed by atoms with Crippen molar-refractivity contribution in [1.82, 2.24) is 10.2 Å². The highest BCUT2D eigenvalue weighted by Gasteiger charge is 2.76. The number of hydrogen-bond donors (Lipinski definition) is 1. The van der Waals surface area contributed by atoms with Gasteiger partial charge in [0.1, 0.15) is 5.75 Å². The number of nitrogens with zero attached hydrogens (tertiary/aromatic N) is 1. The molecule has 3 saturated heterocycles. The summed E-state index contributed by atoms with van der Waals surface area (Å²) >= 11 is 0. The van der Waals surface area contributed by atoms with Crippen LogP contribution in [0.2, 0.25) is 0 Å². The van der Waals surface area contributed by atoms with Gasteiger partial charge in [0.25, 0.3) is 0 Å². The molecule has 2 aliphatic carbocycles. The van der Waals surface area contributed by atoms with Gasteiger partial charge in [0.05, 0.1) is 18.8 Å². The summed E-state index contributed by atoms with van der Waals surface area (Å²) < 4.78 is 12.6. The van der Waals surface area contributed by atoms with Crippen molar-refractivity contribution in [2.75, 3.05) is 27.2 Å². The lowest BCUT2D eigenvalue weighted by molar-refractivity contribution is -0.158. The maximum atomic E-state index is 6.98. The zero-order valence-electron chi connectivity index (χ0n) is 14.5. The number of likely N-dealkylation sites (tertiary alicyclic amines) is 1. The molecule has 4 bridgehead atoms. The van der Waals surface area contributed by atoms with Crippen LogP contribution >= 0.6 is 0 Å². The third-order valence-electron chi connectivity index (χ3n) is 8.07. The third-order valence-corrected chi connectivity index (χ3v) is 8.07. The highest BCUT2D eigenvalue weighted by molar-refractivity contribution is 5.51. The van der Waals surface area contributed by atoms with Crippen LogP contribution in [0.15, 0.2) is 18.2 Å². The van der Waals surface area contributed by atoms with Crippen LogP contribution in [0.25, 0.3) is 0 Å². The Labute approximate surface area is 143 Å². The number of methoxy groups -OCH3 is 1. The van der Waals surface area contributed by atoms with E-state index in [1.54, 1.807) is 12.7 Å². The molecule has 3 heterocycles. The minimum atomic E-state index is 0.0211. The molecule has 24 heavy (non-hydrogen) atoms. The maximum Gasteiger partial charge on any atom is 0.119 e. The first-order chi connectivity index (χ1) is 11.7. The number of nitrogens with one attached hydrogen (secondary N) is 1. The van der Waals surface area contributed by atoms with Crippen LogP contribution in [0, 0.1) is 5.92 Å². The van der Waals surface area contributed by atoms with Crippen molar-refractivity contribution in [3.05, 3.63) is 29.3 Å². The van der Waals surface area contributed by atoms with Crippen LogP contribution in [0.5, 0.6) is 5.75 Å². The lowest BCUT2D eigenvalue weighted by atomic mass is 9.46. The molecular formula is C20H26N2O2. The first kappa shape index (κ1) is 14.1. The van der Waals surface area contributed by atoms with Gasteiger partial charge in [-0.25, -0.2) is 0 Å². The molecule has 3 aliphatic heterocycles. The van der Waals surface area contributed by atoms with E-state index >= 15 is 0 Å². The highest BCUT2D eigenvalue weighted by atomic mass is 16.5. The lowest BCUT2D eigenvalue weighted by Crippen LogP contribution is -2.73. The maximum absolute atomic E-state index is 6.98. The number of hydrogen-bond acceptors (Lipinski definition) is 4. The van der Waals surface area contributed by atoms with E-state index in [4.69, 9.17) is 9.47 Å². The molecule has 1 aromatic rings. The van der Waals surface area contributed by atoms with Gasteiger partial charge in [-0.2, -0.15) is 0 Å². The molecule has 4 nitrogen and oxygen atoms in total. The van der Waals surface area contributed by atoms with Gasteiger partial charge in [-0.05, 0) is 62.5 Å². The smallest absolute Gasteiger partial charge is 0.119 e. The predicted octanol–water partition coefficient (Wildman–Crippen LogP) is 1.71. The molecule has 5 unspecified atom stereocenters. The quantitative estimate of drug-likeness (QED) is 0.852. The van der Waals surface area contributed by atoms with Crippen LogP contribution in [0.3, 0.4) is 0 Å². The molecule has 4 heteroatoms. The number of likely N-dealkylation sites (N-methyl/N-ethyl adjacent to an activating group) is 1. The van der Waals surface area contributed by atoms with Crippen molar-refractivity contribution in [2.45, 2.75) is 54.9 Å². The molecule has 1 saturated carbocycles. The Balaban J connectivity index is 1.65. The molecule has 0 spiro atoms. The monoisotopic (exact) mass is 326 g/mol. The number of fused-ring (bicyclic) bond motifs is 1. The molecule has 1 N–H and O–H groups in total. The summed E-state index contributed by atoms with van der Waals surface area (Å²) in [6.45, 7) is 2.22. The Morgan fingerprint density at radius 1 is 1.33 bits per heavy atom. The summed E-state index contributed by atoms with van der Waals surface area (Å²) in [7, 11) is 4.09. The number of ether oxygens (including phenoxy) is 2. The fraction of sp³-hybridized carbons (Fsp3) is 0.700. The lowest BCUT2D eigenvalue weighted by Gasteiger charge is -2.63. The molecule has 4 fully saturated rings. The molecule has 6 atom stereocenters. The first-order valence-electron chi connectivity index (χ1n) is 9.48. The zero-order chi connectivity index (χ0) is 16.1. The highest BCUT2D eigenvalue weighted by Crippen LogP contribution is 2.68. The van der Waals surface area contributed by atoms with E-state index in [1.807, 2.05) is 0 Å². The van der Waals surface area contributed by atoms with Gasteiger partial charge in [0.15, 0.2) is 0 Å². The zero-order valence-corrected chi connectivity index (χ0v) is 14.5. The Morgan fingerprint density at radius 2 is 2.25 bits per heavy atom. The average Bonchev–Trinajstić information content (AvgIpc) is 3.07. The normalized spacial score (nSPS) is 48.1. The van der Waals surface area contributed by atoms with Gasteiger partial charge < -0.3 is 19.7 Å². The van der Waals surface area contributed by atoms with E-state index in [2.05, 4.69) is 35.5 Å². The minimum absolute atomic E-state index is 0.0211. The van der Waals surface area contributed by atoms with E-state index < -0.39 is 0 Å². The Hall–Kier alpha value is -1.10. The topological polar surface area (TPSA) is 33.7 Å². The molecule has 0 radical (unpaired) electrons. The standard InChI is InChI=1S/C20H26N2O2/c1-22-8-7-19-14-10-13(23-2)4-3-12(14)9-17(22)20(19)6-5-15-18(19)16(24-20)11-21-15/h3-4,10,15-18,21H,5-9,11H2,1-2H3/t15?,16-,17?,18?,19?,20?/m1/s1. The van der Waals surface area contributed by atoms with Gasteiger partial charge in [-0.1, -0.05) is 6.07 Å². The van der Waals surface area contributed by atoms with Crippen molar-refractivity contribution in [1.29, 1.82) is 0 Å². The summed E-state index contributed by atoms with van der Waals surface area (Å²) in [5, 5.41) is 3.77. The summed E-state index contributed by atoms with van der Waals surface area (Å²) in [5.41, 5.74) is 3.28. The second-order valence-corrected chi connectivity index (χ2v) is 8.57. The first-order valence-corrected chi connectivity index (χ1v) is 9.48. The van der Waals surface area contributed by atoms with Crippen molar-refractivity contribution in [2.24, 2.45) is 5.92 Å². The van der Waals surface area contributed by atoms with E-state index in [0.717, 1.165) is 18.7 Å². The molecule has 0 amide bonds. The second kappa shape index (κ2) is 4.35. The fourth-order valence-electron chi connectivity index (χ4n) is 7.28. The Kier molecular flexibility index (Phi) is 2.56. The molecule has 5 aliphatic rings. The fourth-order valence-corrected chi connectivity index (χ4v) is 7.28. The van der Waals surface area contributed by atoms with Gasteiger partial charge >= 0.3 is 0 Å². The van der Waals surface area contributed by atoms with Crippen LogP contribution in [0.1, 0.15) is 30.4 Å². The summed E-state index contributed by atoms with van der Waals surface area (Å²) in [5.74, 6) is 1.63. The van der Waals surface area contributed by atoms with Gasteiger partial charge in [-0.15, -0.1) is 0 Å². The molecule has 1 aromatic carbocycles. The van der Waals surface area contributed by atoms with Crippen molar-refractivity contribution < 1.29 is 9.47 Å². The predicted molar refractivity (Wildman–Crippen MR) is 91.5 cm³/mol. The number of rotatable bonds is 1. The molecule has 0 aromatic heterocycles. The van der Waals surface area contributed by atoms with Crippen LogP contribution in [-0.2, 0) is 16.6 Å². The van der Waals surface area contributed by atoms with Crippen LogP contribution in [-0.4, -0.2) is 55.9 Å². The third kappa shape index (κ3) is 1.33. The van der Waals surface area contributed by atoms with Gasteiger partial charge in [0.2, 0.25) is 0 Å². The second-order valence-electron chi connectivity index (χ2n) is 8.57. The van der Waals surface area contributed by atoms with Gasteiger partial charge in [0, 0.05) is 30.0 Å². The van der Waals surface area contributed by atoms with E-state index in [0.29, 0.717) is 24.1 Å². The summed E-state index contributed by atoms with van der Waals surface area (Å²) in [4.78, 5) is 2.58. The number of benzene rings is 1. The molecule has 6 rings (SSSR count). The van der Waals surface area contributed by atoms with Crippen molar-refractivity contribution >= 4 is 0 Å². The Morgan fingerprint density at radius 3 is 3.12 bits per heavy atom.